The van der Waals surface area contributed by atoms with Crippen LogP contribution in [-0.2, 0) is 19.6 Å². The molecule has 1 saturated carbocycles. The molecule has 3 heterocycles. The van der Waals surface area contributed by atoms with Crippen molar-refractivity contribution in [2.45, 2.75) is 42.9 Å². The van der Waals surface area contributed by atoms with E-state index >= 15 is 0 Å². The van der Waals surface area contributed by atoms with Crippen LogP contribution in [0.5, 0.6) is 5.88 Å². The van der Waals surface area contributed by atoms with Gasteiger partial charge in [0.25, 0.3) is 0 Å². The number of nitrogens with zero attached hydrogens (tertiary/aromatic N) is 3. The number of aromatic nitrogens is 2. The number of carbonyl (C=O) groups is 1. The number of morpholine rings is 1. The monoisotopic (exact) mass is 530 g/mol. The summed E-state index contributed by atoms with van der Waals surface area (Å²) in [6.07, 6.45) is 5.30. The summed E-state index contributed by atoms with van der Waals surface area (Å²) in [4.78, 5) is 23.3. The second-order valence-corrected chi connectivity index (χ2v) is 12.1. The summed E-state index contributed by atoms with van der Waals surface area (Å²) >= 11 is 1.30. The van der Waals surface area contributed by atoms with Gasteiger partial charge in [0.1, 0.15) is 10.3 Å². The molecule has 3 aromatic rings. The van der Waals surface area contributed by atoms with Gasteiger partial charge in [-0.2, -0.15) is 4.31 Å². The largest absolute Gasteiger partial charge is 0.481 e. The fraction of sp³-hybridized carbons (Fsp3) is 0.480. The van der Waals surface area contributed by atoms with Crippen molar-refractivity contribution in [2.24, 2.45) is 5.92 Å². The van der Waals surface area contributed by atoms with E-state index in [1.807, 2.05) is 6.07 Å². The molecule has 5 rings (SSSR count). The predicted molar refractivity (Wildman–Crippen MR) is 138 cm³/mol. The van der Waals surface area contributed by atoms with Crippen molar-refractivity contribution < 1.29 is 22.7 Å². The lowest BCUT2D eigenvalue weighted by atomic mass is 9.87. The molecule has 192 valence electrons. The summed E-state index contributed by atoms with van der Waals surface area (Å²) in [5.74, 6) is 0.425. The minimum absolute atomic E-state index is 0.142. The number of fused-ring (bicyclic) bond motifs is 1. The fourth-order valence-corrected chi connectivity index (χ4v) is 7.18. The molecule has 1 unspecified atom stereocenters. The van der Waals surface area contributed by atoms with Crippen LogP contribution >= 0.6 is 11.3 Å². The van der Waals surface area contributed by atoms with E-state index in [-0.39, 0.29) is 10.8 Å². The zero-order valence-electron chi connectivity index (χ0n) is 20.2. The van der Waals surface area contributed by atoms with Crippen LogP contribution in [0.4, 0.5) is 5.13 Å². The first-order chi connectivity index (χ1) is 17.4. The topological polar surface area (TPSA) is 111 Å². The minimum atomic E-state index is -3.59. The van der Waals surface area contributed by atoms with E-state index in [1.165, 1.54) is 28.5 Å². The molecule has 0 spiro atoms. The number of ether oxygens (including phenoxy) is 2. The van der Waals surface area contributed by atoms with Gasteiger partial charge in [0.05, 0.1) is 31.1 Å². The summed E-state index contributed by atoms with van der Waals surface area (Å²) in [6.45, 7) is 1.49. The molecule has 1 saturated heterocycles. The zero-order chi connectivity index (χ0) is 25.1. The van der Waals surface area contributed by atoms with Gasteiger partial charge in [-0.25, -0.2) is 18.4 Å². The molecular formula is C25H30N4O5S2. The predicted octanol–water partition coefficient (Wildman–Crippen LogP) is 4.02. The Kier molecular flexibility index (Phi) is 7.52. The summed E-state index contributed by atoms with van der Waals surface area (Å²) in [5.41, 5.74) is 1.50. The lowest BCUT2D eigenvalue weighted by Gasteiger charge is -2.26. The maximum Gasteiger partial charge on any atom is 0.243 e. The number of carbonyl (C=O) groups excluding carboxylic acids is 1. The molecule has 2 aromatic heterocycles. The Labute approximate surface area is 214 Å². The van der Waals surface area contributed by atoms with Crippen molar-refractivity contribution in [1.29, 1.82) is 0 Å². The van der Waals surface area contributed by atoms with E-state index in [0.29, 0.717) is 53.6 Å². The van der Waals surface area contributed by atoms with Crippen LogP contribution in [0.3, 0.4) is 0 Å². The number of hydrogen-bond acceptors (Lipinski definition) is 8. The number of anilines is 1. The molecule has 9 nitrogen and oxygen atoms in total. The molecule has 1 aliphatic carbocycles. The maximum absolute atomic E-state index is 13.5. The Bertz CT molecular complexity index is 1310. The lowest BCUT2D eigenvalue weighted by Crippen LogP contribution is -2.40. The van der Waals surface area contributed by atoms with Crippen molar-refractivity contribution in [3.63, 3.8) is 0 Å². The molecule has 2 fully saturated rings. The molecule has 1 aromatic carbocycles. The fourth-order valence-electron chi connectivity index (χ4n) is 4.94. The number of pyridine rings is 1. The van der Waals surface area contributed by atoms with Crippen molar-refractivity contribution in [1.82, 2.24) is 14.3 Å². The first kappa shape index (κ1) is 25.1. The second kappa shape index (κ2) is 10.8. The highest BCUT2D eigenvalue weighted by molar-refractivity contribution is 7.89. The highest BCUT2D eigenvalue weighted by atomic mass is 32.2. The van der Waals surface area contributed by atoms with Crippen LogP contribution in [-0.4, -0.2) is 62.0 Å². The van der Waals surface area contributed by atoms with Gasteiger partial charge in [-0.1, -0.05) is 49.2 Å². The highest BCUT2D eigenvalue weighted by Gasteiger charge is 2.30. The molecular weight excluding hydrogens is 500 g/mol. The Morgan fingerprint density at radius 3 is 2.56 bits per heavy atom. The van der Waals surface area contributed by atoms with Gasteiger partial charge in [0.15, 0.2) is 5.13 Å². The van der Waals surface area contributed by atoms with Crippen molar-refractivity contribution in [2.75, 3.05) is 38.7 Å². The molecule has 1 amide bonds. The van der Waals surface area contributed by atoms with E-state index in [2.05, 4.69) is 15.3 Å². The third-order valence-electron chi connectivity index (χ3n) is 6.92. The standard InChI is InChI=1S/C25H30N4O5S2/c1-33-22-11-10-21-24(27-22)35-25(26-21)28-23(30)20(16-17-4-2-3-5-17)18-6-8-19(9-7-18)36(31,32)29-12-14-34-15-13-29/h6-11,17,20H,2-5,12-16H2,1H3,(H,26,28,30). The van der Waals surface area contributed by atoms with Crippen LogP contribution in [0.2, 0.25) is 0 Å². The lowest BCUT2D eigenvalue weighted by molar-refractivity contribution is -0.118. The third-order valence-corrected chi connectivity index (χ3v) is 9.71. The number of amides is 1. The minimum Gasteiger partial charge on any atom is -0.481 e. The molecule has 0 radical (unpaired) electrons. The van der Waals surface area contributed by atoms with Crippen LogP contribution in [0.15, 0.2) is 41.3 Å². The maximum atomic E-state index is 13.5. The van der Waals surface area contributed by atoms with E-state index < -0.39 is 15.9 Å². The molecule has 0 bridgehead atoms. The van der Waals surface area contributed by atoms with E-state index in [1.54, 1.807) is 37.4 Å². The molecule has 1 atom stereocenters. The molecule has 11 heteroatoms. The Morgan fingerprint density at radius 2 is 1.86 bits per heavy atom. The summed E-state index contributed by atoms with van der Waals surface area (Å²) < 4.78 is 38.0. The van der Waals surface area contributed by atoms with Gasteiger partial charge in [0, 0.05) is 19.2 Å². The van der Waals surface area contributed by atoms with Gasteiger partial charge in [0.2, 0.25) is 21.8 Å². The number of benzene rings is 1. The Hall–Kier alpha value is -2.60. The molecule has 36 heavy (non-hydrogen) atoms. The zero-order valence-corrected chi connectivity index (χ0v) is 21.8. The van der Waals surface area contributed by atoms with Gasteiger partial charge in [-0.3, -0.25) is 4.79 Å². The second-order valence-electron chi connectivity index (χ2n) is 9.21. The van der Waals surface area contributed by atoms with Gasteiger partial charge in [-0.05, 0) is 36.1 Å². The number of rotatable bonds is 8. The van der Waals surface area contributed by atoms with E-state index in [9.17, 15) is 13.2 Å². The molecule has 1 aliphatic heterocycles. The number of nitrogens with one attached hydrogen (secondary N) is 1. The van der Waals surface area contributed by atoms with Crippen molar-refractivity contribution in [3.05, 3.63) is 42.0 Å². The van der Waals surface area contributed by atoms with Crippen LogP contribution in [0.1, 0.15) is 43.6 Å². The smallest absolute Gasteiger partial charge is 0.243 e. The number of sulfonamides is 1. The molecule has 1 N–H and O–H groups in total. The average molecular weight is 531 g/mol. The van der Waals surface area contributed by atoms with E-state index in [4.69, 9.17) is 9.47 Å². The first-order valence-corrected chi connectivity index (χ1v) is 14.5. The van der Waals surface area contributed by atoms with Gasteiger partial charge in [-0.15, -0.1) is 0 Å². The highest BCUT2D eigenvalue weighted by Crippen LogP contribution is 2.36. The number of methoxy groups -OCH3 is 1. The third kappa shape index (κ3) is 5.39. The molecule has 2 aliphatic rings. The quantitative estimate of drug-likeness (QED) is 0.468. The van der Waals surface area contributed by atoms with Crippen LogP contribution in [0, 0.1) is 5.92 Å². The van der Waals surface area contributed by atoms with Crippen LogP contribution in [0.25, 0.3) is 10.3 Å². The van der Waals surface area contributed by atoms with Crippen molar-refractivity contribution >= 4 is 42.7 Å². The summed E-state index contributed by atoms with van der Waals surface area (Å²) in [6, 6.07) is 10.3. The van der Waals surface area contributed by atoms with E-state index in [0.717, 1.165) is 24.8 Å². The first-order valence-electron chi connectivity index (χ1n) is 12.2. The SMILES string of the molecule is COc1ccc2nc(NC(=O)C(CC3CCCC3)c3ccc(S(=O)(=O)N4CCOCC4)cc3)sc2n1. The Balaban J connectivity index is 1.37. The van der Waals surface area contributed by atoms with Crippen molar-refractivity contribution in [3.8, 4) is 5.88 Å². The normalized spacial score (nSPS) is 18.4. The van der Waals surface area contributed by atoms with Gasteiger partial charge >= 0.3 is 0 Å². The number of thiazole rings is 1. The number of hydrogen-bond donors (Lipinski definition) is 1. The van der Waals surface area contributed by atoms with Gasteiger partial charge < -0.3 is 14.8 Å². The summed E-state index contributed by atoms with van der Waals surface area (Å²) in [7, 11) is -2.03. The summed E-state index contributed by atoms with van der Waals surface area (Å²) in [5, 5.41) is 3.47. The Morgan fingerprint density at radius 1 is 1.14 bits per heavy atom. The average Bonchev–Trinajstić information content (AvgIpc) is 3.56. The van der Waals surface area contributed by atoms with Crippen LogP contribution < -0.4 is 10.1 Å².